The van der Waals surface area contributed by atoms with Crippen LogP contribution >= 0.6 is 12.4 Å². The molecular weight excluding hydrogens is 258 g/mol. The van der Waals surface area contributed by atoms with Crippen LogP contribution in [-0.4, -0.2) is 61.4 Å². The molecule has 1 aliphatic heterocycles. The van der Waals surface area contributed by atoms with Gasteiger partial charge in [0.05, 0.1) is 18.8 Å². The Labute approximate surface area is 114 Å². The molecule has 0 aromatic heterocycles. The monoisotopic (exact) mass is 281 g/mol. The van der Waals surface area contributed by atoms with Crippen LogP contribution in [0.5, 0.6) is 0 Å². The molecule has 2 aliphatic rings. The highest BCUT2D eigenvalue weighted by atomic mass is 35.5. The molecule has 0 aromatic carbocycles. The summed E-state index contributed by atoms with van der Waals surface area (Å²) in [6.45, 7) is 2.07. The molecule has 3 N–H and O–H groups in total. The van der Waals surface area contributed by atoms with E-state index >= 15 is 0 Å². The second-order valence-corrected chi connectivity index (χ2v) is 5.09. The van der Waals surface area contributed by atoms with E-state index in [1.165, 1.54) is 0 Å². The summed E-state index contributed by atoms with van der Waals surface area (Å²) in [6.07, 6.45) is 1.38. The summed E-state index contributed by atoms with van der Waals surface area (Å²) < 4.78 is 10.4. The van der Waals surface area contributed by atoms with E-state index in [-0.39, 0.29) is 24.4 Å². The number of rotatable bonds is 4. The zero-order valence-corrected chi connectivity index (χ0v) is 11.6. The first-order valence-corrected chi connectivity index (χ1v) is 6.41. The Kier molecular flexibility index (Phi) is 6.84. The summed E-state index contributed by atoms with van der Waals surface area (Å²) in [6, 6.07) is 0.380. The molecule has 1 heterocycles. The lowest BCUT2D eigenvalue weighted by atomic mass is 10.1. The van der Waals surface area contributed by atoms with E-state index < -0.39 is 12.2 Å². The van der Waals surface area contributed by atoms with Gasteiger partial charge in [-0.2, -0.15) is 0 Å². The van der Waals surface area contributed by atoms with Crippen molar-refractivity contribution in [2.75, 3.05) is 26.9 Å². The van der Waals surface area contributed by atoms with Gasteiger partial charge in [0.25, 0.3) is 0 Å². The average molecular weight is 282 g/mol. The van der Waals surface area contributed by atoms with Crippen LogP contribution in [0.15, 0.2) is 0 Å². The van der Waals surface area contributed by atoms with E-state index in [0.717, 1.165) is 32.5 Å². The standard InChI is InChI=1S/C12H23NO4.ClH/c1-16-7-8-6-10(12(15)11(8)14)13-9-2-4-17-5-3-9;/h8-15H,2-7H2,1H3;1H/t8-,10-,11-,12+;/m1./s1. The van der Waals surface area contributed by atoms with E-state index in [4.69, 9.17) is 9.47 Å². The molecule has 0 spiro atoms. The minimum Gasteiger partial charge on any atom is -0.390 e. The van der Waals surface area contributed by atoms with Crippen LogP contribution in [-0.2, 0) is 9.47 Å². The van der Waals surface area contributed by atoms with Crippen molar-refractivity contribution in [3.63, 3.8) is 0 Å². The third-order valence-corrected chi connectivity index (χ3v) is 3.85. The molecule has 0 unspecified atom stereocenters. The van der Waals surface area contributed by atoms with Crippen molar-refractivity contribution in [3.8, 4) is 0 Å². The SMILES string of the molecule is COC[C@H]1C[C@@H](NC2CCOCC2)[C@H](O)[C@@H]1O.Cl. The molecule has 1 saturated carbocycles. The molecule has 108 valence electrons. The normalized spacial score (nSPS) is 37.5. The van der Waals surface area contributed by atoms with Gasteiger partial charge >= 0.3 is 0 Å². The Balaban J connectivity index is 0.00000162. The maximum atomic E-state index is 9.99. The molecule has 0 radical (unpaired) electrons. The molecule has 1 saturated heterocycles. The smallest absolute Gasteiger partial charge is 0.0955 e. The fourth-order valence-electron chi connectivity index (χ4n) is 2.84. The lowest BCUT2D eigenvalue weighted by Crippen LogP contribution is -2.47. The largest absolute Gasteiger partial charge is 0.390 e. The minimum absolute atomic E-state index is 0. The second kappa shape index (κ2) is 7.62. The molecule has 1 aliphatic carbocycles. The van der Waals surface area contributed by atoms with Crippen LogP contribution in [0.1, 0.15) is 19.3 Å². The predicted molar refractivity (Wildman–Crippen MR) is 70.0 cm³/mol. The van der Waals surface area contributed by atoms with Crippen molar-refractivity contribution < 1.29 is 19.7 Å². The Hall–Kier alpha value is 0.0900. The molecule has 0 amide bonds. The van der Waals surface area contributed by atoms with Crippen molar-refractivity contribution in [1.82, 2.24) is 5.32 Å². The summed E-state index contributed by atoms with van der Waals surface area (Å²) in [5.74, 6) is 0.0346. The van der Waals surface area contributed by atoms with Crippen LogP contribution in [0.4, 0.5) is 0 Å². The third-order valence-electron chi connectivity index (χ3n) is 3.85. The average Bonchev–Trinajstić information content (AvgIpc) is 2.60. The number of nitrogens with one attached hydrogen (secondary N) is 1. The molecule has 0 aromatic rings. The van der Waals surface area contributed by atoms with Crippen molar-refractivity contribution in [2.24, 2.45) is 5.92 Å². The van der Waals surface area contributed by atoms with E-state index in [1.807, 2.05) is 0 Å². The zero-order valence-electron chi connectivity index (χ0n) is 10.7. The summed E-state index contributed by atoms with van der Waals surface area (Å²) in [7, 11) is 1.62. The molecule has 4 atom stereocenters. The lowest BCUT2D eigenvalue weighted by Gasteiger charge is -2.28. The van der Waals surface area contributed by atoms with Crippen LogP contribution < -0.4 is 5.32 Å². The topological polar surface area (TPSA) is 71.0 Å². The van der Waals surface area contributed by atoms with Crippen molar-refractivity contribution in [3.05, 3.63) is 0 Å². The van der Waals surface area contributed by atoms with Crippen molar-refractivity contribution in [2.45, 2.75) is 43.6 Å². The van der Waals surface area contributed by atoms with Crippen LogP contribution in [0.2, 0.25) is 0 Å². The number of aliphatic hydroxyl groups is 2. The van der Waals surface area contributed by atoms with Crippen LogP contribution in [0.3, 0.4) is 0 Å². The van der Waals surface area contributed by atoms with Gasteiger partial charge in [-0.15, -0.1) is 12.4 Å². The van der Waals surface area contributed by atoms with Gasteiger partial charge < -0.3 is 25.0 Å². The Morgan fingerprint density at radius 2 is 1.89 bits per heavy atom. The maximum absolute atomic E-state index is 9.99. The van der Waals surface area contributed by atoms with E-state index in [0.29, 0.717) is 12.6 Å². The fraction of sp³-hybridized carbons (Fsp3) is 1.00. The van der Waals surface area contributed by atoms with Gasteiger partial charge in [0.1, 0.15) is 0 Å². The number of ether oxygens (including phenoxy) is 2. The minimum atomic E-state index is -0.682. The van der Waals surface area contributed by atoms with Gasteiger partial charge in [-0.3, -0.25) is 0 Å². The quantitative estimate of drug-likeness (QED) is 0.673. The Morgan fingerprint density at radius 1 is 1.22 bits per heavy atom. The van der Waals surface area contributed by atoms with Gasteiger partial charge in [-0.1, -0.05) is 0 Å². The van der Waals surface area contributed by atoms with Gasteiger partial charge in [-0.25, -0.2) is 0 Å². The van der Waals surface area contributed by atoms with Gasteiger partial charge in [-0.05, 0) is 19.3 Å². The summed E-state index contributed by atoms with van der Waals surface area (Å²) in [5.41, 5.74) is 0. The highest BCUT2D eigenvalue weighted by Crippen LogP contribution is 2.28. The number of hydrogen-bond acceptors (Lipinski definition) is 5. The van der Waals surface area contributed by atoms with Crippen molar-refractivity contribution >= 4 is 12.4 Å². The number of aliphatic hydroxyl groups excluding tert-OH is 2. The molecule has 0 bridgehead atoms. The first-order chi connectivity index (χ1) is 8.22. The fourth-order valence-corrected chi connectivity index (χ4v) is 2.84. The first kappa shape index (κ1) is 16.1. The molecule has 6 heteroatoms. The predicted octanol–water partition coefficient (Wildman–Crippen LogP) is -0.0665. The van der Waals surface area contributed by atoms with Crippen LogP contribution in [0, 0.1) is 5.92 Å². The van der Waals surface area contributed by atoms with Gasteiger partial charge in [0, 0.05) is 38.3 Å². The molecule has 5 nitrogen and oxygen atoms in total. The number of methoxy groups -OCH3 is 1. The van der Waals surface area contributed by atoms with E-state index in [9.17, 15) is 10.2 Å². The highest BCUT2D eigenvalue weighted by Gasteiger charge is 2.41. The molecule has 2 rings (SSSR count). The van der Waals surface area contributed by atoms with Gasteiger partial charge in [0.15, 0.2) is 0 Å². The number of hydrogen-bond donors (Lipinski definition) is 3. The molecule has 2 fully saturated rings. The highest BCUT2D eigenvalue weighted by molar-refractivity contribution is 5.85. The Bertz CT molecular complexity index is 238. The maximum Gasteiger partial charge on any atom is 0.0955 e. The van der Waals surface area contributed by atoms with E-state index in [2.05, 4.69) is 5.32 Å². The Morgan fingerprint density at radius 3 is 2.50 bits per heavy atom. The van der Waals surface area contributed by atoms with Crippen LogP contribution in [0.25, 0.3) is 0 Å². The van der Waals surface area contributed by atoms with Crippen molar-refractivity contribution in [1.29, 1.82) is 0 Å². The summed E-state index contributed by atoms with van der Waals surface area (Å²) in [4.78, 5) is 0. The van der Waals surface area contributed by atoms with Gasteiger partial charge in [0.2, 0.25) is 0 Å². The molecular formula is C12H24ClNO4. The molecule has 18 heavy (non-hydrogen) atoms. The second-order valence-electron chi connectivity index (χ2n) is 5.09. The lowest BCUT2D eigenvalue weighted by molar-refractivity contribution is -0.00871. The third kappa shape index (κ3) is 3.79. The number of halogens is 1. The first-order valence-electron chi connectivity index (χ1n) is 6.41. The zero-order chi connectivity index (χ0) is 12.3. The summed E-state index contributed by atoms with van der Waals surface area (Å²) in [5, 5.41) is 23.3. The summed E-state index contributed by atoms with van der Waals surface area (Å²) >= 11 is 0. The van der Waals surface area contributed by atoms with E-state index in [1.54, 1.807) is 7.11 Å².